The number of likely N-dealkylation sites (N-methyl/N-ethyl adjacent to an activating group) is 4. The molecule has 2 heterocycles. The van der Waals surface area contributed by atoms with Crippen molar-refractivity contribution in [1.29, 1.82) is 0 Å². The number of ether oxygens (including phenoxy) is 1. The summed E-state index contributed by atoms with van der Waals surface area (Å²) in [4.78, 5) is 143. The Balaban J connectivity index is 1.53. The molecule has 0 spiro atoms. The van der Waals surface area contributed by atoms with Gasteiger partial charge in [0.2, 0.25) is 41.4 Å². The third-order valence-corrected chi connectivity index (χ3v) is 18.2. The summed E-state index contributed by atoms with van der Waals surface area (Å²) in [6.07, 6.45) is -0.0967. The number of carbonyl (C=O) groups excluding carboxylic acids is 9. The molecule has 0 aromatic heterocycles. The topological polar surface area (TPSA) is 235 Å². The molecule has 4 aromatic carbocycles. The Labute approximate surface area is 539 Å². The van der Waals surface area contributed by atoms with Gasteiger partial charge in [-0.25, -0.2) is 4.79 Å². The van der Waals surface area contributed by atoms with E-state index in [-0.39, 0.29) is 38.1 Å². The van der Waals surface area contributed by atoms with Crippen LogP contribution in [-0.2, 0) is 60.7 Å². The first-order chi connectivity index (χ1) is 42.9. The molecule has 0 aliphatic carbocycles. The van der Waals surface area contributed by atoms with E-state index in [1.807, 2.05) is 119 Å². The average Bonchev–Trinajstić information content (AvgIpc) is 2.18. The summed E-state index contributed by atoms with van der Waals surface area (Å²) in [5.74, 6) is -8.85. The number of cyclic esters (lactones) is 1. The molecule has 19 nitrogen and oxygen atoms in total. The molecule has 8 amide bonds. The lowest BCUT2D eigenvalue weighted by atomic mass is 9.93. The number of benzene rings is 4. The molecule has 2 saturated heterocycles. The first kappa shape index (κ1) is 72.1. The lowest BCUT2D eigenvalue weighted by Crippen LogP contribution is -2.63. The van der Waals surface area contributed by atoms with E-state index < -0.39 is 137 Å². The Morgan fingerprint density at radius 1 is 0.527 bits per heavy atom. The van der Waals surface area contributed by atoms with Gasteiger partial charge in [-0.2, -0.15) is 0 Å². The van der Waals surface area contributed by atoms with E-state index in [0.29, 0.717) is 30.4 Å². The number of nitrogens with zero attached hydrogens (tertiary/aromatic N) is 5. The van der Waals surface area contributed by atoms with Crippen molar-refractivity contribution in [2.45, 2.75) is 188 Å². The lowest BCUT2D eigenvalue weighted by molar-refractivity contribution is -0.177. The van der Waals surface area contributed by atoms with Gasteiger partial charge >= 0.3 is 5.97 Å². The fraction of sp³-hybridized carbons (Fsp3) is 0.542. The third kappa shape index (κ3) is 17.8. The number of aliphatic hydroxyl groups is 1. The van der Waals surface area contributed by atoms with Crippen LogP contribution in [0.1, 0.15) is 126 Å². The maximum absolute atomic E-state index is 15.8. The molecule has 2 fully saturated rings. The summed E-state index contributed by atoms with van der Waals surface area (Å²) in [7, 11) is 5.70. The molecule has 4 N–H and O–H groups in total. The van der Waals surface area contributed by atoms with Crippen LogP contribution in [0.2, 0.25) is 0 Å². The van der Waals surface area contributed by atoms with Crippen LogP contribution in [0.25, 0.3) is 22.3 Å². The number of nitrogens with one attached hydrogen (secondary N) is 3. The number of rotatable bonds is 15. The quantitative estimate of drug-likeness (QED) is 0.0842. The number of amides is 8. The van der Waals surface area contributed by atoms with E-state index in [1.54, 1.807) is 53.7 Å². The van der Waals surface area contributed by atoms with Gasteiger partial charge in [0.25, 0.3) is 5.91 Å². The van der Waals surface area contributed by atoms with E-state index in [1.165, 1.54) is 61.6 Å². The van der Waals surface area contributed by atoms with Crippen LogP contribution in [0.15, 0.2) is 109 Å². The minimum atomic E-state index is -1.99. The van der Waals surface area contributed by atoms with Crippen LogP contribution in [0.3, 0.4) is 0 Å². The van der Waals surface area contributed by atoms with Gasteiger partial charge in [-0.05, 0) is 103 Å². The molecule has 6 rings (SSSR count). The zero-order chi connectivity index (χ0) is 67.3. The molecule has 19 heteroatoms. The molecule has 0 bridgehead atoms. The number of fused-ring (bicyclic) bond motifs is 1. The molecule has 0 unspecified atom stereocenters. The van der Waals surface area contributed by atoms with Gasteiger partial charge in [0, 0.05) is 53.5 Å². The molecule has 91 heavy (non-hydrogen) atoms. The standard InChI is InChI=1S/C72H100N8O11/c1-17-46(9)58-69(87)77(14)59(44(5)6)64(82)73-54(38-43(3)4)67(85)79(16)62(72(11,12)90)71(89)91-61(47(10)18-2)70(88)78(15)60(45(7)8)65(83)74-55(40-48-28-21-19-22-29-48)66(84)76(13)57(68(86)80-37-27-36-56(80)63(81)75-58)41-49-30-25-33-51(39-49)53-35-26-34-52(42-53)50-31-23-20-24-32-50/h19-26,28-35,39,42-47,54-62,90H,17-18,27,36-38,40-41H2,1-16H3,(H,73,82)(H,74,83)(H,75,81)/t46-,47-,54-,55-,56-,57-,58-,59-,60-,61+,62+/m0/s1. The van der Waals surface area contributed by atoms with Crippen molar-refractivity contribution >= 4 is 53.2 Å². The zero-order valence-corrected chi connectivity index (χ0v) is 56.4. The normalized spacial score (nSPS) is 24.5. The second-order valence-electron chi connectivity index (χ2n) is 26.8. The molecule has 2 aliphatic rings. The Morgan fingerprint density at radius 3 is 1.57 bits per heavy atom. The second-order valence-corrected chi connectivity index (χ2v) is 26.8. The maximum Gasteiger partial charge on any atom is 0.332 e. The first-order valence-corrected chi connectivity index (χ1v) is 32.4. The van der Waals surface area contributed by atoms with E-state index in [0.717, 1.165) is 27.2 Å². The Kier molecular flexibility index (Phi) is 25.3. The Bertz CT molecular complexity index is 3180. The Hall–Kier alpha value is -7.93. The third-order valence-electron chi connectivity index (χ3n) is 18.2. The zero-order valence-electron chi connectivity index (χ0n) is 56.4. The fourth-order valence-electron chi connectivity index (χ4n) is 12.7. The molecule has 0 saturated carbocycles. The van der Waals surface area contributed by atoms with Gasteiger partial charge in [0.1, 0.15) is 42.3 Å². The molecule has 11 atom stereocenters. The summed E-state index contributed by atoms with van der Waals surface area (Å²) in [5.41, 5.74) is 3.21. The van der Waals surface area contributed by atoms with Gasteiger partial charge in [-0.1, -0.05) is 179 Å². The number of hydrogen-bond donors (Lipinski definition) is 4. The summed E-state index contributed by atoms with van der Waals surface area (Å²) >= 11 is 0. The van der Waals surface area contributed by atoms with E-state index in [9.17, 15) is 19.5 Å². The van der Waals surface area contributed by atoms with Gasteiger partial charge in [0.15, 0.2) is 12.1 Å². The lowest BCUT2D eigenvalue weighted by Gasteiger charge is -2.39. The molecule has 494 valence electrons. The van der Waals surface area contributed by atoms with Gasteiger partial charge in [0.05, 0.1) is 5.60 Å². The van der Waals surface area contributed by atoms with Crippen LogP contribution < -0.4 is 16.0 Å². The second kappa shape index (κ2) is 31.9. The predicted octanol–water partition coefficient (Wildman–Crippen LogP) is 7.71. The summed E-state index contributed by atoms with van der Waals surface area (Å²) in [6, 6.07) is 24.6. The predicted molar refractivity (Wildman–Crippen MR) is 352 cm³/mol. The fourth-order valence-corrected chi connectivity index (χ4v) is 12.7. The average molecular weight is 1250 g/mol. The summed E-state index contributed by atoms with van der Waals surface area (Å²) in [5, 5.41) is 20.7. The van der Waals surface area contributed by atoms with Crippen LogP contribution >= 0.6 is 0 Å². The van der Waals surface area contributed by atoms with Gasteiger partial charge < -0.3 is 50.3 Å². The van der Waals surface area contributed by atoms with E-state index in [2.05, 4.69) is 22.0 Å². The van der Waals surface area contributed by atoms with E-state index in [4.69, 9.17) is 4.74 Å². The van der Waals surface area contributed by atoms with Gasteiger partial charge in [-0.3, -0.25) is 38.4 Å². The smallest absolute Gasteiger partial charge is 0.332 e. The van der Waals surface area contributed by atoms with Gasteiger partial charge in [-0.15, -0.1) is 0 Å². The Morgan fingerprint density at radius 2 is 1.02 bits per heavy atom. The molecule has 4 aromatic rings. The highest BCUT2D eigenvalue weighted by atomic mass is 16.6. The maximum atomic E-state index is 15.8. The number of esters is 1. The van der Waals surface area contributed by atoms with Crippen molar-refractivity contribution in [3.8, 4) is 22.3 Å². The highest BCUT2D eigenvalue weighted by Gasteiger charge is 2.48. The first-order valence-electron chi connectivity index (χ1n) is 32.4. The number of hydrogen-bond acceptors (Lipinski definition) is 11. The van der Waals surface area contributed by atoms with Crippen molar-refractivity contribution in [2.24, 2.45) is 29.6 Å². The van der Waals surface area contributed by atoms with E-state index >= 15 is 28.8 Å². The minimum absolute atomic E-state index is 0.0170. The van der Waals surface area contributed by atoms with Crippen LogP contribution in [0.5, 0.6) is 0 Å². The van der Waals surface area contributed by atoms with Crippen molar-refractivity contribution in [1.82, 2.24) is 40.4 Å². The highest BCUT2D eigenvalue weighted by molar-refractivity contribution is 5.99. The molecular formula is C72H100N8O11. The molecular weight excluding hydrogens is 1150 g/mol. The number of carbonyl (C=O) groups is 9. The van der Waals surface area contributed by atoms with Crippen LogP contribution in [-0.4, -0.2) is 178 Å². The molecule has 2 aliphatic heterocycles. The van der Waals surface area contributed by atoms with Crippen LogP contribution in [0.4, 0.5) is 0 Å². The van der Waals surface area contributed by atoms with Crippen molar-refractivity contribution in [2.75, 3.05) is 34.7 Å². The summed E-state index contributed by atoms with van der Waals surface area (Å²) in [6.45, 7) is 20.7. The van der Waals surface area contributed by atoms with Crippen LogP contribution in [0, 0.1) is 29.6 Å². The monoisotopic (exact) mass is 1250 g/mol. The van der Waals surface area contributed by atoms with Crippen molar-refractivity contribution in [3.05, 3.63) is 120 Å². The minimum Gasteiger partial charge on any atom is -0.450 e. The molecule has 0 radical (unpaired) electrons. The van der Waals surface area contributed by atoms with Crippen molar-refractivity contribution in [3.63, 3.8) is 0 Å². The highest BCUT2D eigenvalue weighted by Crippen LogP contribution is 2.31. The summed E-state index contributed by atoms with van der Waals surface area (Å²) < 4.78 is 6.15. The SMILES string of the molecule is CC[C@H](C)[C@@H]1NC(=O)[C@@H]2CCCN2C(=O)[C@H](Cc2cccc(-c3cccc(-c4ccccc4)c3)c2)N(C)C(=O)[C@H](Cc2ccccc2)NC(=O)[C@H](C(C)C)N(C)C(=O)[C@@H]([C@@H](C)CC)OC(=O)[C@H](C(C)(C)O)N(C)C(=O)[C@H](CC(C)C)NC(=O)[C@H](C(C)C)N(C)C1=O. The van der Waals surface area contributed by atoms with Crippen molar-refractivity contribution < 1.29 is 53.0 Å². The largest absolute Gasteiger partial charge is 0.450 e.